The highest BCUT2D eigenvalue weighted by atomic mass is 16.3. The zero-order chi connectivity index (χ0) is 15.2. The number of hydrogen-bond acceptors (Lipinski definition) is 4. The van der Waals surface area contributed by atoms with Crippen molar-refractivity contribution in [3.8, 4) is 6.07 Å². The first-order chi connectivity index (χ1) is 10.1. The number of aliphatic hydroxyl groups excluding tert-OH is 1. The Kier molecular flexibility index (Phi) is 5.37. The van der Waals surface area contributed by atoms with E-state index in [1.165, 1.54) is 12.8 Å². The molecule has 114 valence electrons. The van der Waals surface area contributed by atoms with Crippen molar-refractivity contribution in [2.45, 2.75) is 25.9 Å². The molecule has 1 saturated heterocycles. The molecule has 1 unspecified atom stereocenters. The number of carbonyl (C=O) groups excluding carboxylic acids is 1. The molecule has 6 nitrogen and oxygen atoms in total. The second-order valence-electron chi connectivity index (χ2n) is 5.74. The Morgan fingerprint density at radius 3 is 2.90 bits per heavy atom. The lowest BCUT2D eigenvalue weighted by Crippen LogP contribution is -2.43. The first kappa shape index (κ1) is 15.5. The van der Waals surface area contributed by atoms with E-state index >= 15 is 0 Å². The highest BCUT2D eigenvalue weighted by Gasteiger charge is 2.19. The van der Waals surface area contributed by atoms with Crippen molar-refractivity contribution in [1.82, 2.24) is 15.2 Å². The molecule has 1 aromatic heterocycles. The molecule has 1 aliphatic heterocycles. The predicted molar refractivity (Wildman–Crippen MR) is 78.7 cm³/mol. The van der Waals surface area contributed by atoms with E-state index < -0.39 is 6.10 Å². The Bertz CT molecular complexity index is 512. The van der Waals surface area contributed by atoms with Gasteiger partial charge >= 0.3 is 0 Å². The van der Waals surface area contributed by atoms with Crippen LogP contribution in [0.2, 0.25) is 0 Å². The maximum absolute atomic E-state index is 11.8. The average molecular weight is 290 g/mol. The molecule has 3 N–H and O–H groups in total. The third-order valence-electron chi connectivity index (χ3n) is 3.89. The Labute approximate surface area is 124 Å². The molecule has 1 atom stereocenters. The molecule has 0 aromatic carbocycles. The van der Waals surface area contributed by atoms with Gasteiger partial charge in [0, 0.05) is 13.1 Å². The van der Waals surface area contributed by atoms with Crippen LogP contribution in [0.4, 0.5) is 0 Å². The molecule has 1 amide bonds. The van der Waals surface area contributed by atoms with Gasteiger partial charge in [-0.1, -0.05) is 6.92 Å². The number of nitrogens with one attached hydrogen (secondary N) is 2. The molecule has 0 spiro atoms. The van der Waals surface area contributed by atoms with Crippen LogP contribution in [0.5, 0.6) is 0 Å². The third-order valence-corrected chi connectivity index (χ3v) is 3.89. The molecule has 0 radical (unpaired) electrons. The van der Waals surface area contributed by atoms with Gasteiger partial charge in [-0.15, -0.1) is 0 Å². The average Bonchev–Trinajstić information content (AvgIpc) is 2.96. The van der Waals surface area contributed by atoms with Crippen molar-refractivity contribution in [3.05, 3.63) is 23.5 Å². The lowest BCUT2D eigenvalue weighted by molar-refractivity contribution is 0.0793. The van der Waals surface area contributed by atoms with Crippen molar-refractivity contribution in [2.24, 2.45) is 5.92 Å². The fraction of sp³-hybridized carbons (Fsp3) is 0.600. The Morgan fingerprint density at radius 1 is 1.57 bits per heavy atom. The molecule has 21 heavy (non-hydrogen) atoms. The molecular formula is C15H22N4O2. The summed E-state index contributed by atoms with van der Waals surface area (Å²) < 4.78 is 0. The van der Waals surface area contributed by atoms with Crippen LogP contribution in [0, 0.1) is 17.2 Å². The van der Waals surface area contributed by atoms with E-state index in [1.807, 2.05) is 6.07 Å². The van der Waals surface area contributed by atoms with Crippen LogP contribution in [0.15, 0.2) is 12.1 Å². The van der Waals surface area contributed by atoms with Crippen LogP contribution in [0.3, 0.4) is 0 Å². The number of nitriles is 1. The second-order valence-corrected chi connectivity index (χ2v) is 5.74. The van der Waals surface area contributed by atoms with Gasteiger partial charge in [0.15, 0.2) is 0 Å². The number of likely N-dealkylation sites (tertiary alicyclic amines) is 1. The van der Waals surface area contributed by atoms with Crippen molar-refractivity contribution >= 4 is 5.91 Å². The highest BCUT2D eigenvalue weighted by Crippen LogP contribution is 2.15. The number of amides is 1. The molecule has 1 aliphatic rings. The van der Waals surface area contributed by atoms with Gasteiger partial charge in [-0.25, -0.2) is 0 Å². The van der Waals surface area contributed by atoms with Crippen LogP contribution >= 0.6 is 0 Å². The van der Waals surface area contributed by atoms with E-state index in [9.17, 15) is 9.90 Å². The number of aromatic amines is 1. The number of hydrogen-bond donors (Lipinski definition) is 3. The van der Waals surface area contributed by atoms with E-state index in [0.717, 1.165) is 19.0 Å². The van der Waals surface area contributed by atoms with E-state index in [4.69, 9.17) is 5.26 Å². The van der Waals surface area contributed by atoms with E-state index in [0.29, 0.717) is 17.9 Å². The van der Waals surface area contributed by atoms with E-state index in [2.05, 4.69) is 22.1 Å². The van der Waals surface area contributed by atoms with Gasteiger partial charge in [-0.2, -0.15) is 5.26 Å². The summed E-state index contributed by atoms with van der Waals surface area (Å²) >= 11 is 0. The summed E-state index contributed by atoms with van der Waals surface area (Å²) in [6, 6.07) is 5.05. The number of nitrogens with zero attached hydrogens (tertiary/aromatic N) is 2. The standard InChI is InChI=1S/C15H22N4O2/c1-11-4-6-19(7-5-11)10-13(20)9-17-15(21)14-3-2-12(8-16)18-14/h2-3,11,13,18,20H,4-7,9-10H2,1H3,(H,17,21). The first-order valence-electron chi connectivity index (χ1n) is 7.36. The molecule has 6 heteroatoms. The third kappa shape index (κ3) is 4.59. The number of rotatable bonds is 5. The lowest BCUT2D eigenvalue weighted by Gasteiger charge is -2.31. The van der Waals surface area contributed by atoms with Gasteiger partial charge in [0.1, 0.15) is 17.5 Å². The van der Waals surface area contributed by atoms with Gasteiger partial charge in [0.05, 0.1) is 6.10 Å². The fourth-order valence-electron chi connectivity index (χ4n) is 2.51. The molecule has 1 aromatic rings. The van der Waals surface area contributed by atoms with Gasteiger partial charge in [0.2, 0.25) is 0 Å². The maximum Gasteiger partial charge on any atom is 0.267 e. The van der Waals surface area contributed by atoms with Crippen LogP contribution in [-0.2, 0) is 0 Å². The summed E-state index contributed by atoms with van der Waals surface area (Å²) in [5.41, 5.74) is 0.689. The van der Waals surface area contributed by atoms with Gasteiger partial charge in [0.25, 0.3) is 5.91 Å². The van der Waals surface area contributed by atoms with Crippen molar-refractivity contribution in [3.63, 3.8) is 0 Å². The van der Waals surface area contributed by atoms with Crippen LogP contribution in [0.1, 0.15) is 35.9 Å². The lowest BCUT2D eigenvalue weighted by atomic mass is 9.99. The Balaban J connectivity index is 1.72. The van der Waals surface area contributed by atoms with Crippen LogP contribution in [0.25, 0.3) is 0 Å². The molecular weight excluding hydrogens is 268 g/mol. The molecule has 0 aliphatic carbocycles. The minimum Gasteiger partial charge on any atom is -0.390 e. The summed E-state index contributed by atoms with van der Waals surface area (Å²) in [5.74, 6) is 0.461. The first-order valence-corrected chi connectivity index (χ1v) is 7.36. The van der Waals surface area contributed by atoms with Gasteiger partial charge in [-0.05, 0) is 44.0 Å². The second kappa shape index (κ2) is 7.25. The van der Waals surface area contributed by atoms with E-state index in [-0.39, 0.29) is 12.5 Å². The van der Waals surface area contributed by atoms with E-state index in [1.54, 1.807) is 12.1 Å². The molecule has 0 bridgehead atoms. The number of carbonyl (C=O) groups is 1. The number of β-amino-alcohol motifs (C(OH)–C–C–N with tert-alkyl or cyclic N) is 1. The quantitative estimate of drug-likeness (QED) is 0.744. The van der Waals surface area contributed by atoms with Crippen molar-refractivity contribution < 1.29 is 9.90 Å². The summed E-state index contributed by atoms with van der Waals surface area (Å²) in [7, 11) is 0. The zero-order valence-corrected chi connectivity index (χ0v) is 12.3. The SMILES string of the molecule is CC1CCN(CC(O)CNC(=O)c2ccc(C#N)[nH]2)CC1. The number of aromatic nitrogens is 1. The predicted octanol–water partition coefficient (Wildman–Crippen LogP) is 0.709. The smallest absolute Gasteiger partial charge is 0.267 e. The fourth-order valence-corrected chi connectivity index (χ4v) is 2.51. The highest BCUT2D eigenvalue weighted by molar-refractivity contribution is 5.92. The van der Waals surface area contributed by atoms with Crippen molar-refractivity contribution in [1.29, 1.82) is 5.26 Å². The summed E-state index contributed by atoms with van der Waals surface area (Å²) in [6.45, 7) is 5.06. The molecule has 2 heterocycles. The normalized spacial score (nSPS) is 18.1. The topological polar surface area (TPSA) is 92.2 Å². The molecule has 1 fully saturated rings. The maximum atomic E-state index is 11.8. The number of H-pyrrole nitrogens is 1. The van der Waals surface area contributed by atoms with Gasteiger partial charge in [-0.3, -0.25) is 4.79 Å². The summed E-state index contributed by atoms with van der Waals surface area (Å²) in [6.07, 6.45) is 1.75. The van der Waals surface area contributed by atoms with Crippen LogP contribution in [-0.4, -0.2) is 53.2 Å². The molecule has 2 rings (SSSR count). The Hall–Kier alpha value is -1.84. The number of piperidine rings is 1. The van der Waals surface area contributed by atoms with Crippen LogP contribution < -0.4 is 5.32 Å². The zero-order valence-electron chi connectivity index (χ0n) is 12.3. The minimum absolute atomic E-state index is 0.214. The molecule has 0 saturated carbocycles. The largest absolute Gasteiger partial charge is 0.390 e. The van der Waals surface area contributed by atoms with Crippen molar-refractivity contribution in [2.75, 3.05) is 26.2 Å². The summed E-state index contributed by atoms with van der Waals surface area (Å²) in [4.78, 5) is 16.8. The monoisotopic (exact) mass is 290 g/mol. The Morgan fingerprint density at radius 2 is 2.29 bits per heavy atom. The number of aliphatic hydroxyl groups is 1. The van der Waals surface area contributed by atoms with Gasteiger partial charge < -0.3 is 20.3 Å². The summed E-state index contributed by atoms with van der Waals surface area (Å²) in [5, 5.41) is 21.4. The minimum atomic E-state index is -0.576.